The van der Waals surface area contributed by atoms with Crippen molar-refractivity contribution >= 4 is 66.6 Å². The molecule has 41 heavy (non-hydrogen) atoms. The molecule has 10 nitrogen and oxygen atoms in total. The number of anilines is 3. The SMILES string of the molecule is Cc1cc(/N=N/c2ccc(N3CCCC3)s2)ccc1/N=N/c1ccc(NNc2ncc(C=C(C#N)C#N)s2)c(C)c1. The summed E-state index contributed by atoms with van der Waals surface area (Å²) in [5.41, 5.74) is 11.3. The molecule has 0 saturated carbocycles. The van der Waals surface area contributed by atoms with Gasteiger partial charge in [0.05, 0.1) is 32.6 Å². The molecule has 0 spiro atoms. The highest BCUT2D eigenvalue weighted by atomic mass is 32.1. The van der Waals surface area contributed by atoms with Crippen LogP contribution >= 0.6 is 22.7 Å². The lowest BCUT2D eigenvalue weighted by atomic mass is 10.2. The summed E-state index contributed by atoms with van der Waals surface area (Å²) in [6.45, 7) is 6.19. The van der Waals surface area contributed by atoms with Gasteiger partial charge in [0.1, 0.15) is 22.7 Å². The van der Waals surface area contributed by atoms with Crippen molar-refractivity contribution in [1.82, 2.24) is 4.98 Å². The summed E-state index contributed by atoms with van der Waals surface area (Å²) in [5.74, 6) is 0. The molecule has 0 amide bonds. The van der Waals surface area contributed by atoms with Gasteiger partial charge in [0, 0.05) is 19.3 Å². The Morgan fingerprint density at radius 2 is 1.61 bits per heavy atom. The van der Waals surface area contributed by atoms with E-state index in [1.165, 1.54) is 35.3 Å². The van der Waals surface area contributed by atoms with Gasteiger partial charge in [-0.2, -0.15) is 20.8 Å². The number of allylic oxidation sites excluding steroid dienone is 1. The summed E-state index contributed by atoms with van der Waals surface area (Å²) in [6, 6.07) is 19.3. The first-order chi connectivity index (χ1) is 20.0. The Morgan fingerprint density at radius 3 is 2.34 bits per heavy atom. The Hall–Kier alpha value is -4.91. The first-order valence-electron chi connectivity index (χ1n) is 12.9. The van der Waals surface area contributed by atoms with Gasteiger partial charge in [-0.3, -0.25) is 10.9 Å². The second kappa shape index (κ2) is 13.0. The molecule has 2 N–H and O–H groups in total. The number of aryl methyl sites for hydroxylation is 2. The van der Waals surface area contributed by atoms with Crippen LogP contribution in [0.5, 0.6) is 0 Å². The fourth-order valence-corrected chi connectivity index (χ4v) is 5.72. The third-order valence-electron chi connectivity index (χ3n) is 6.28. The number of hydrogen-bond donors (Lipinski definition) is 2. The standard InChI is InChI=1S/C29H26N10S2/c1-19-14-23(34-37-27-9-10-28(41-27)39-11-3-4-12-39)6-7-25(19)35-33-22-5-8-26(20(2)13-22)36-38-29-32-18-24(40-29)15-21(16-30)17-31/h5-10,13-15,18,36H,3-4,11-12H2,1-2H3,(H,32,38)/b35-33+,37-34+. The average Bonchev–Trinajstić information content (AvgIpc) is 3.76. The number of azo groups is 2. The van der Waals surface area contributed by atoms with Crippen LogP contribution < -0.4 is 15.8 Å². The number of nitrogens with zero attached hydrogens (tertiary/aromatic N) is 8. The maximum Gasteiger partial charge on any atom is 0.202 e. The Kier molecular flexibility index (Phi) is 8.74. The number of rotatable bonds is 9. The zero-order valence-electron chi connectivity index (χ0n) is 22.5. The topological polar surface area (TPSA) is 137 Å². The van der Waals surface area contributed by atoms with Crippen molar-refractivity contribution in [2.24, 2.45) is 20.5 Å². The fourth-order valence-electron chi connectivity index (χ4n) is 4.13. The Morgan fingerprint density at radius 1 is 0.878 bits per heavy atom. The summed E-state index contributed by atoms with van der Waals surface area (Å²) in [6.07, 6.45) is 5.61. The van der Waals surface area contributed by atoms with Crippen LogP contribution in [0.25, 0.3) is 6.08 Å². The van der Waals surface area contributed by atoms with E-state index in [0.717, 1.165) is 52.0 Å². The number of thiazole rings is 1. The van der Waals surface area contributed by atoms with Crippen LogP contribution in [0, 0.1) is 36.5 Å². The average molecular weight is 579 g/mol. The van der Waals surface area contributed by atoms with Crippen molar-refractivity contribution in [2.75, 3.05) is 28.8 Å². The molecule has 204 valence electrons. The first kappa shape index (κ1) is 27.6. The van der Waals surface area contributed by atoms with Crippen LogP contribution in [0.3, 0.4) is 0 Å². The summed E-state index contributed by atoms with van der Waals surface area (Å²) >= 11 is 3.00. The molecule has 3 heterocycles. The van der Waals surface area contributed by atoms with Gasteiger partial charge in [0.15, 0.2) is 0 Å². The summed E-state index contributed by atoms with van der Waals surface area (Å²) in [5, 5.41) is 38.3. The second-order valence-electron chi connectivity index (χ2n) is 9.28. The molecule has 0 unspecified atom stereocenters. The van der Waals surface area contributed by atoms with Crippen molar-refractivity contribution < 1.29 is 0 Å². The van der Waals surface area contributed by atoms with E-state index in [0.29, 0.717) is 10.0 Å². The van der Waals surface area contributed by atoms with Crippen molar-refractivity contribution in [2.45, 2.75) is 26.7 Å². The number of aromatic nitrogens is 1. The van der Waals surface area contributed by atoms with E-state index in [2.05, 4.69) is 47.3 Å². The minimum absolute atomic E-state index is 0.0332. The van der Waals surface area contributed by atoms with E-state index in [1.54, 1.807) is 17.5 Å². The van der Waals surface area contributed by atoms with Crippen LogP contribution in [-0.4, -0.2) is 18.1 Å². The van der Waals surface area contributed by atoms with E-state index >= 15 is 0 Å². The van der Waals surface area contributed by atoms with Gasteiger partial charge in [-0.05, 0) is 92.4 Å². The van der Waals surface area contributed by atoms with Crippen LogP contribution in [0.4, 0.5) is 37.9 Å². The highest BCUT2D eigenvalue weighted by Gasteiger charge is 2.14. The largest absolute Gasteiger partial charge is 0.363 e. The Labute approximate surface area is 246 Å². The zero-order chi connectivity index (χ0) is 28.6. The molecule has 1 aliphatic rings. The lowest BCUT2D eigenvalue weighted by Gasteiger charge is -2.13. The first-order valence-corrected chi connectivity index (χ1v) is 14.5. The number of hydrogen-bond acceptors (Lipinski definition) is 12. The predicted molar refractivity (Wildman–Crippen MR) is 165 cm³/mol. The molecule has 0 bridgehead atoms. The van der Waals surface area contributed by atoms with Crippen molar-refractivity contribution in [3.63, 3.8) is 0 Å². The zero-order valence-corrected chi connectivity index (χ0v) is 24.1. The molecule has 2 aromatic heterocycles. The molecule has 0 atom stereocenters. The van der Waals surface area contributed by atoms with Gasteiger partial charge >= 0.3 is 0 Å². The minimum atomic E-state index is 0.0332. The third-order valence-corrected chi connectivity index (χ3v) is 8.17. The molecule has 5 rings (SSSR count). The molecule has 2 aromatic carbocycles. The maximum atomic E-state index is 8.90. The second-order valence-corrected chi connectivity index (χ2v) is 11.4. The van der Waals surface area contributed by atoms with E-state index in [4.69, 9.17) is 10.5 Å². The molecule has 1 fully saturated rings. The third kappa shape index (κ3) is 7.19. The van der Waals surface area contributed by atoms with Crippen LogP contribution in [0.2, 0.25) is 0 Å². The molecular weight excluding hydrogens is 553 g/mol. The van der Waals surface area contributed by atoms with Gasteiger partial charge in [-0.25, -0.2) is 4.98 Å². The molecule has 12 heteroatoms. The highest BCUT2D eigenvalue weighted by molar-refractivity contribution is 7.19. The Bertz CT molecular complexity index is 1700. The van der Waals surface area contributed by atoms with E-state index in [9.17, 15) is 0 Å². The van der Waals surface area contributed by atoms with Gasteiger partial charge in [-0.1, -0.05) is 22.7 Å². The lowest BCUT2D eigenvalue weighted by molar-refractivity contribution is 0.949. The summed E-state index contributed by atoms with van der Waals surface area (Å²) in [4.78, 5) is 7.37. The van der Waals surface area contributed by atoms with Gasteiger partial charge in [0.25, 0.3) is 0 Å². The molecule has 1 aliphatic heterocycles. The number of thiophene rings is 1. The quantitative estimate of drug-likeness (QED) is 0.115. The number of benzene rings is 2. The summed E-state index contributed by atoms with van der Waals surface area (Å²) < 4.78 is 0. The smallest absolute Gasteiger partial charge is 0.202 e. The maximum absolute atomic E-state index is 8.90. The van der Waals surface area contributed by atoms with Crippen molar-refractivity contribution in [1.29, 1.82) is 10.5 Å². The van der Waals surface area contributed by atoms with E-state index in [-0.39, 0.29) is 5.57 Å². The molecular formula is C29H26N10S2. The molecule has 0 aliphatic carbocycles. The van der Waals surface area contributed by atoms with Crippen LogP contribution in [0.1, 0.15) is 28.8 Å². The summed E-state index contributed by atoms with van der Waals surface area (Å²) in [7, 11) is 0. The molecule has 4 aromatic rings. The van der Waals surface area contributed by atoms with E-state index in [1.807, 2.05) is 68.5 Å². The molecule has 1 saturated heterocycles. The van der Waals surface area contributed by atoms with Crippen LogP contribution in [0.15, 0.2) is 80.8 Å². The van der Waals surface area contributed by atoms with E-state index < -0.39 is 0 Å². The molecule has 0 radical (unpaired) electrons. The predicted octanol–water partition coefficient (Wildman–Crippen LogP) is 9.12. The highest BCUT2D eigenvalue weighted by Crippen LogP contribution is 2.35. The van der Waals surface area contributed by atoms with Gasteiger partial charge in [-0.15, -0.1) is 10.2 Å². The normalized spacial score (nSPS) is 12.9. The number of hydrazine groups is 1. The number of nitriles is 2. The fraction of sp³-hybridized carbons (Fsp3) is 0.207. The Balaban J connectivity index is 1.18. The minimum Gasteiger partial charge on any atom is -0.363 e. The van der Waals surface area contributed by atoms with Crippen LogP contribution in [-0.2, 0) is 0 Å². The number of nitrogens with one attached hydrogen (secondary N) is 2. The monoisotopic (exact) mass is 578 g/mol. The van der Waals surface area contributed by atoms with Gasteiger partial charge in [0.2, 0.25) is 5.13 Å². The van der Waals surface area contributed by atoms with Crippen molar-refractivity contribution in [3.8, 4) is 12.1 Å². The van der Waals surface area contributed by atoms with Crippen molar-refractivity contribution in [3.05, 3.63) is 76.3 Å². The lowest BCUT2D eigenvalue weighted by Crippen LogP contribution is -2.15. The van der Waals surface area contributed by atoms with Gasteiger partial charge < -0.3 is 4.90 Å².